The third kappa shape index (κ3) is 3.29. The number of nitrogens with one attached hydrogen (secondary N) is 2. The predicted molar refractivity (Wildman–Crippen MR) is 78.7 cm³/mol. The number of amides is 2. The zero-order valence-corrected chi connectivity index (χ0v) is 12.0. The smallest absolute Gasteiger partial charge is 0.251 e. The molecule has 5 nitrogen and oxygen atoms in total. The monoisotopic (exact) mass is 275 g/mol. The van der Waals surface area contributed by atoms with Crippen LogP contribution in [0.4, 0.5) is 5.69 Å². The van der Waals surface area contributed by atoms with Gasteiger partial charge in [0.05, 0.1) is 0 Å². The van der Waals surface area contributed by atoms with Crippen LogP contribution in [0, 0.1) is 0 Å². The lowest BCUT2D eigenvalue weighted by molar-refractivity contribution is -0.130. The van der Waals surface area contributed by atoms with E-state index in [0.717, 1.165) is 31.6 Å². The summed E-state index contributed by atoms with van der Waals surface area (Å²) >= 11 is 0. The topological polar surface area (TPSA) is 61.4 Å². The van der Waals surface area contributed by atoms with E-state index in [9.17, 15) is 9.59 Å². The summed E-state index contributed by atoms with van der Waals surface area (Å²) in [5, 5.41) is 5.75. The van der Waals surface area contributed by atoms with Gasteiger partial charge in [0, 0.05) is 31.4 Å². The Bertz CT molecular complexity index is 496. The molecular weight excluding hydrogens is 254 g/mol. The van der Waals surface area contributed by atoms with Gasteiger partial charge in [-0.3, -0.25) is 9.59 Å². The minimum Gasteiger partial charge on any atom is -0.374 e. The maximum Gasteiger partial charge on any atom is 0.251 e. The fourth-order valence-corrected chi connectivity index (χ4v) is 2.42. The lowest BCUT2D eigenvalue weighted by atomic mass is 10.1. The van der Waals surface area contributed by atoms with Crippen molar-refractivity contribution in [3.8, 4) is 0 Å². The number of benzene rings is 1. The number of carbonyl (C=O) groups excluding carboxylic acids is 2. The quantitative estimate of drug-likeness (QED) is 0.874. The number of nitrogens with zero attached hydrogens (tertiary/aromatic N) is 1. The SMILES string of the molecule is CNC(=O)c1cccc(NC(C)C(=O)N2CCCC2)c1. The van der Waals surface area contributed by atoms with Crippen molar-refractivity contribution in [3.05, 3.63) is 29.8 Å². The number of carbonyl (C=O) groups is 2. The van der Waals surface area contributed by atoms with Crippen LogP contribution < -0.4 is 10.6 Å². The van der Waals surface area contributed by atoms with Crippen LogP contribution in [0.2, 0.25) is 0 Å². The van der Waals surface area contributed by atoms with E-state index >= 15 is 0 Å². The lowest BCUT2D eigenvalue weighted by Crippen LogP contribution is -2.39. The van der Waals surface area contributed by atoms with Crippen LogP contribution in [-0.2, 0) is 4.79 Å². The molecule has 0 aliphatic carbocycles. The van der Waals surface area contributed by atoms with Crippen molar-refractivity contribution in [2.24, 2.45) is 0 Å². The average Bonchev–Trinajstić information content (AvgIpc) is 3.00. The predicted octanol–water partition coefficient (Wildman–Crippen LogP) is 1.47. The Hall–Kier alpha value is -2.04. The van der Waals surface area contributed by atoms with Crippen LogP contribution in [0.15, 0.2) is 24.3 Å². The van der Waals surface area contributed by atoms with Crippen molar-refractivity contribution in [2.75, 3.05) is 25.5 Å². The van der Waals surface area contributed by atoms with Crippen molar-refractivity contribution in [2.45, 2.75) is 25.8 Å². The molecule has 0 aromatic heterocycles. The Kier molecular flexibility index (Phi) is 4.61. The van der Waals surface area contributed by atoms with Crippen LogP contribution in [-0.4, -0.2) is 42.9 Å². The van der Waals surface area contributed by atoms with Crippen LogP contribution in [0.3, 0.4) is 0 Å². The van der Waals surface area contributed by atoms with Crippen molar-refractivity contribution >= 4 is 17.5 Å². The summed E-state index contributed by atoms with van der Waals surface area (Å²) in [5.41, 5.74) is 1.37. The largest absolute Gasteiger partial charge is 0.374 e. The number of likely N-dealkylation sites (tertiary alicyclic amines) is 1. The van der Waals surface area contributed by atoms with Gasteiger partial charge in [-0.1, -0.05) is 6.07 Å². The first kappa shape index (κ1) is 14.4. The Morgan fingerprint density at radius 1 is 1.25 bits per heavy atom. The molecule has 1 saturated heterocycles. The van der Waals surface area contributed by atoms with Crippen LogP contribution in [0.5, 0.6) is 0 Å². The molecule has 20 heavy (non-hydrogen) atoms. The molecular formula is C15H21N3O2. The molecule has 1 unspecified atom stereocenters. The average molecular weight is 275 g/mol. The molecule has 1 atom stereocenters. The van der Waals surface area contributed by atoms with Gasteiger partial charge in [-0.15, -0.1) is 0 Å². The molecule has 1 aromatic rings. The van der Waals surface area contributed by atoms with Gasteiger partial charge < -0.3 is 15.5 Å². The normalized spacial score (nSPS) is 15.8. The van der Waals surface area contributed by atoms with Crippen molar-refractivity contribution in [1.29, 1.82) is 0 Å². The second kappa shape index (κ2) is 6.41. The highest BCUT2D eigenvalue weighted by Crippen LogP contribution is 2.14. The number of hydrogen-bond donors (Lipinski definition) is 2. The Morgan fingerprint density at radius 2 is 1.95 bits per heavy atom. The fraction of sp³-hybridized carbons (Fsp3) is 0.467. The second-order valence-corrected chi connectivity index (χ2v) is 5.06. The molecule has 5 heteroatoms. The Labute approximate surface area is 119 Å². The number of anilines is 1. The van der Waals surface area contributed by atoms with Gasteiger partial charge in [0.15, 0.2) is 0 Å². The zero-order valence-electron chi connectivity index (χ0n) is 12.0. The van der Waals surface area contributed by atoms with Gasteiger partial charge in [0.2, 0.25) is 5.91 Å². The van der Waals surface area contributed by atoms with E-state index in [-0.39, 0.29) is 17.9 Å². The molecule has 2 rings (SSSR count). The van der Waals surface area contributed by atoms with Crippen LogP contribution >= 0.6 is 0 Å². The first-order chi connectivity index (χ1) is 9.61. The number of hydrogen-bond acceptors (Lipinski definition) is 3. The summed E-state index contributed by atoms with van der Waals surface area (Å²) in [6.07, 6.45) is 2.18. The van der Waals surface area contributed by atoms with Gasteiger partial charge in [-0.25, -0.2) is 0 Å². The molecule has 0 bridgehead atoms. The van der Waals surface area contributed by atoms with Crippen molar-refractivity contribution in [1.82, 2.24) is 10.2 Å². The van der Waals surface area contributed by atoms with Crippen LogP contribution in [0.25, 0.3) is 0 Å². The van der Waals surface area contributed by atoms with Crippen LogP contribution in [0.1, 0.15) is 30.1 Å². The maximum atomic E-state index is 12.2. The Balaban J connectivity index is 2.01. The summed E-state index contributed by atoms with van der Waals surface area (Å²) in [5.74, 6) is -0.0139. The van der Waals surface area contributed by atoms with Crippen molar-refractivity contribution in [3.63, 3.8) is 0 Å². The fourth-order valence-electron chi connectivity index (χ4n) is 2.42. The van der Waals surface area contributed by atoms with Gasteiger partial charge in [-0.2, -0.15) is 0 Å². The lowest BCUT2D eigenvalue weighted by Gasteiger charge is -2.22. The summed E-state index contributed by atoms with van der Waals surface area (Å²) < 4.78 is 0. The van der Waals surface area contributed by atoms with E-state index in [2.05, 4.69) is 10.6 Å². The van der Waals surface area contributed by atoms with Crippen molar-refractivity contribution < 1.29 is 9.59 Å². The molecule has 1 aliphatic heterocycles. The molecule has 2 N–H and O–H groups in total. The Morgan fingerprint density at radius 3 is 2.60 bits per heavy atom. The summed E-state index contributed by atoms with van der Waals surface area (Å²) in [6, 6.07) is 6.89. The highest BCUT2D eigenvalue weighted by molar-refractivity contribution is 5.95. The van der Waals surface area contributed by atoms with Gasteiger partial charge in [0.1, 0.15) is 6.04 Å². The molecule has 0 saturated carbocycles. The van der Waals surface area contributed by atoms with E-state index in [1.807, 2.05) is 17.9 Å². The highest BCUT2D eigenvalue weighted by Gasteiger charge is 2.23. The van der Waals surface area contributed by atoms with E-state index in [4.69, 9.17) is 0 Å². The highest BCUT2D eigenvalue weighted by atomic mass is 16.2. The summed E-state index contributed by atoms with van der Waals surface area (Å²) in [6.45, 7) is 3.56. The van der Waals surface area contributed by atoms with E-state index in [1.54, 1.807) is 25.2 Å². The minimum atomic E-state index is -0.284. The third-order valence-electron chi connectivity index (χ3n) is 3.52. The molecule has 1 aliphatic rings. The molecule has 1 aromatic carbocycles. The summed E-state index contributed by atoms with van der Waals surface area (Å²) in [4.78, 5) is 25.7. The molecule has 1 heterocycles. The van der Waals surface area contributed by atoms with E-state index in [1.165, 1.54) is 0 Å². The van der Waals surface area contributed by atoms with E-state index in [0.29, 0.717) is 5.56 Å². The first-order valence-corrected chi connectivity index (χ1v) is 6.99. The first-order valence-electron chi connectivity index (χ1n) is 6.99. The maximum absolute atomic E-state index is 12.2. The van der Waals surface area contributed by atoms with Gasteiger partial charge in [0.25, 0.3) is 5.91 Å². The number of rotatable bonds is 4. The standard InChI is InChI=1S/C15H21N3O2/c1-11(15(20)18-8-3-4-9-18)17-13-7-5-6-12(10-13)14(19)16-2/h5-7,10-11,17H,3-4,8-9H2,1-2H3,(H,16,19). The zero-order chi connectivity index (χ0) is 14.5. The van der Waals surface area contributed by atoms with E-state index < -0.39 is 0 Å². The summed E-state index contributed by atoms with van der Waals surface area (Å²) in [7, 11) is 1.60. The molecule has 2 amide bonds. The minimum absolute atomic E-state index is 0.118. The molecule has 0 spiro atoms. The molecule has 0 radical (unpaired) electrons. The van der Waals surface area contributed by atoms with Gasteiger partial charge in [-0.05, 0) is 38.0 Å². The molecule has 1 fully saturated rings. The third-order valence-corrected chi connectivity index (χ3v) is 3.52. The second-order valence-electron chi connectivity index (χ2n) is 5.06. The molecule has 108 valence electrons. The van der Waals surface area contributed by atoms with Gasteiger partial charge >= 0.3 is 0 Å².